The number of aliphatic hydroxyl groups excluding tert-OH is 1. The Bertz CT molecular complexity index is 380. The fourth-order valence-corrected chi connectivity index (χ4v) is 1.25. The maximum atomic E-state index is 11.4. The number of hydrogen-bond donors (Lipinski definition) is 3. The first-order valence-electron chi connectivity index (χ1n) is 5.64. The highest BCUT2D eigenvalue weighted by Crippen LogP contribution is 2.09. The first-order valence-corrected chi connectivity index (χ1v) is 5.64. The second kappa shape index (κ2) is 6.20. The molecule has 0 spiro atoms. The molecule has 94 valence electrons. The van der Waals surface area contributed by atoms with Gasteiger partial charge in [0.1, 0.15) is 5.69 Å². The van der Waals surface area contributed by atoms with Gasteiger partial charge in [-0.2, -0.15) is 0 Å². The number of rotatable bonds is 5. The first-order chi connectivity index (χ1) is 8.04. The van der Waals surface area contributed by atoms with Crippen LogP contribution in [0.15, 0.2) is 18.3 Å². The number of hydrogen-bond acceptors (Lipinski definition) is 4. The Labute approximate surface area is 101 Å². The predicted octanol–water partition coefficient (Wildman–Crippen LogP) is 0.870. The molecule has 0 saturated heterocycles. The van der Waals surface area contributed by atoms with Crippen LogP contribution >= 0.6 is 0 Å². The van der Waals surface area contributed by atoms with Crippen molar-refractivity contribution in [3.05, 3.63) is 24.0 Å². The molecule has 1 aromatic rings. The molecule has 0 aliphatic carbocycles. The minimum atomic E-state index is -0.411. The Morgan fingerprint density at radius 3 is 2.82 bits per heavy atom. The summed E-state index contributed by atoms with van der Waals surface area (Å²) in [6.07, 6.45) is 1.15. The van der Waals surface area contributed by atoms with Gasteiger partial charge in [-0.3, -0.25) is 9.78 Å². The van der Waals surface area contributed by atoms with Crippen molar-refractivity contribution in [2.45, 2.75) is 20.0 Å². The third-order valence-corrected chi connectivity index (χ3v) is 2.50. The maximum absolute atomic E-state index is 11.4. The SMILES string of the molecule is CNC(=O)c1cc(NCC(O)C(C)C)ccn1. The third kappa shape index (κ3) is 4.03. The second-order valence-electron chi connectivity index (χ2n) is 4.20. The molecule has 0 bridgehead atoms. The number of nitrogens with one attached hydrogen (secondary N) is 2. The molecule has 0 radical (unpaired) electrons. The van der Waals surface area contributed by atoms with E-state index < -0.39 is 6.10 Å². The Morgan fingerprint density at radius 1 is 1.53 bits per heavy atom. The number of carbonyl (C=O) groups is 1. The van der Waals surface area contributed by atoms with E-state index in [1.165, 1.54) is 0 Å². The summed E-state index contributed by atoms with van der Waals surface area (Å²) < 4.78 is 0. The number of aromatic nitrogens is 1. The summed E-state index contributed by atoms with van der Waals surface area (Å²) in [5.41, 5.74) is 1.13. The molecule has 1 heterocycles. The minimum absolute atomic E-state index is 0.197. The second-order valence-corrected chi connectivity index (χ2v) is 4.20. The zero-order chi connectivity index (χ0) is 12.8. The number of pyridine rings is 1. The van der Waals surface area contributed by atoms with Gasteiger partial charge in [-0.05, 0) is 18.1 Å². The number of amides is 1. The Morgan fingerprint density at radius 2 is 2.24 bits per heavy atom. The van der Waals surface area contributed by atoms with E-state index in [9.17, 15) is 9.90 Å². The smallest absolute Gasteiger partial charge is 0.269 e. The minimum Gasteiger partial charge on any atom is -0.391 e. The molecule has 0 saturated carbocycles. The van der Waals surface area contributed by atoms with Crippen LogP contribution in [0.3, 0.4) is 0 Å². The number of anilines is 1. The van der Waals surface area contributed by atoms with Crippen LogP contribution in [-0.4, -0.2) is 35.7 Å². The van der Waals surface area contributed by atoms with Crippen molar-refractivity contribution in [1.82, 2.24) is 10.3 Å². The monoisotopic (exact) mass is 237 g/mol. The number of aliphatic hydroxyl groups is 1. The van der Waals surface area contributed by atoms with Gasteiger partial charge in [-0.25, -0.2) is 0 Å². The van der Waals surface area contributed by atoms with E-state index in [2.05, 4.69) is 15.6 Å². The van der Waals surface area contributed by atoms with Crippen LogP contribution in [0.1, 0.15) is 24.3 Å². The zero-order valence-electron chi connectivity index (χ0n) is 10.4. The van der Waals surface area contributed by atoms with E-state index in [4.69, 9.17) is 0 Å². The number of carbonyl (C=O) groups excluding carboxylic acids is 1. The van der Waals surface area contributed by atoms with Gasteiger partial charge in [0.2, 0.25) is 0 Å². The van der Waals surface area contributed by atoms with Crippen LogP contribution in [0, 0.1) is 5.92 Å². The van der Waals surface area contributed by atoms with E-state index in [-0.39, 0.29) is 11.8 Å². The summed E-state index contributed by atoms with van der Waals surface area (Å²) in [7, 11) is 1.56. The van der Waals surface area contributed by atoms with Crippen molar-refractivity contribution in [3.63, 3.8) is 0 Å². The molecule has 1 atom stereocenters. The Balaban J connectivity index is 2.63. The molecule has 1 aromatic heterocycles. The molecule has 3 N–H and O–H groups in total. The summed E-state index contributed by atoms with van der Waals surface area (Å²) >= 11 is 0. The van der Waals surface area contributed by atoms with Crippen LogP contribution in [0.2, 0.25) is 0 Å². The highest BCUT2D eigenvalue weighted by Gasteiger charge is 2.09. The van der Waals surface area contributed by atoms with Gasteiger partial charge in [-0.15, -0.1) is 0 Å². The summed E-state index contributed by atoms with van der Waals surface area (Å²) in [6, 6.07) is 3.42. The molecule has 0 aliphatic rings. The van der Waals surface area contributed by atoms with Gasteiger partial charge in [0.05, 0.1) is 6.10 Å². The Hall–Kier alpha value is -1.62. The predicted molar refractivity (Wildman–Crippen MR) is 67.0 cm³/mol. The highest BCUT2D eigenvalue weighted by molar-refractivity contribution is 5.92. The van der Waals surface area contributed by atoms with Gasteiger partial charge >= 0.3 is 0 Å². The Kier molecular flexibility index (Phi) is 4.90. The summed E-state index contributed by atoms with van der Waals surface area (Å²) in [5, 5.41) is 15.2. The van der Waals surface area contributed by atoms with Gasteiger partial charge in [-0.1, -0.05) is 13.8 Å². The molecule has 5 nitrogen and oxygen atoms in total. The van der Waals surface area contributed by atoms with E-state index in [0.717, 1.165) is 5.69 Å². The van der Waals surface area contributed by atoms with Crippen LogP contribution in [0.5, 0.6) is 0 Å². The topological polar surface area (TPSA) is 74.2 Å². The molecule has 0 aliphatic heterocycles. The van der Waals surface area contributed by atoms with Crippen LogP contribution in [-0.2, 0) is 0 Å². The molecular weight excluding hydrogens is 218 g/mol. The van der Waals surface area contributed by atoms with Crippen molar-refractivity contribution in [1.29, 1.82) is 0 Å². The average Bonchev–Trinajstić information content (AvgIpc) is 2.35. The van der Waals surface area contributed by atoms with Gasteiger partial charge in [0.25, 0.3) is 5.91 Å². The fraction of sp³-hybridized carbons (Fsp3) is 0.500. The lowest BCUT2D eigenvalue weighted by Crippen LogP contribution is -2.25. The highest BCUT2D eigenvalue weighted by atomic mass is 16.3. The molecule has 17 heavy (non-hydrogen) atoms. The van der Waals surface area contributed by atoms with Crippen molar-refractivity contribution < 1.29 is 9.90 Å². The van der Waals surface area contributed by atoms with Crippen LogP contribution in [0.25, 0.3) is 0 Å². The maximum Gasteiger partial charge on any atom is 0.269 e. The van der Waals surface area contributed by atoms with Crippen molar-refractivity contribution >= 4 is 11.6 Å². The normalized spacial score (nSPS) is 12.3. The van der Waals surface area contributed by atoms with E-state index >= 15 is 0 Å². The lowest BCUT2D eigenvalue weighted by Gasteiger charge is -2.16. The average molecular weight is 237 g/mol. The number of nitrogens with zero attached hydrogens (tertiary/aromatic N) is 1. The first kappa shape index (κ1) is 13.4. The van der Waals surface area contributed by atoms with E-state index in [0.29, 0.717) is 12.2 Å². The summed E-state index contributed by atoms with van der Waals surface area (Å²) in [5.74, 6) is -0.0270. The quantitative estimate of drug-likeness (QED) is 0.710. The van der Waals surface area contributed by atoms with Crippen molar-refractivity contribution in [2.75, 3.05) is 18.9 Å². The largest absolute Gasteiger partial charge is 0.391 e. The molecule has 1 rings (SSSR count). The molecule has 1 unspecified atom stereocenters. The van der Waals surface area contributed by atoms with Gasteiger partial charge in [0.15, 0.2) is 0 Å². The van der Waals surface area contributed by atoms with E-state index in [1.54, 1.807) is 25.4 Å². The zero-order valence-corrected chi connectivity index (χ0v) is 10.4. The lowest BCUT2D eigenvalue weighted by atomic mass is 10.1. The molecule has 1 amide bonds. The lowest BCUT2D eigenvalue weighted by molar-refractivity contribution is 0.0958. The van der Waals surface area contributed by atoms with E-state index in [1.807, 2.05) is 13.8 Å². The molecule has 0 aromatic carbocycles. The summed E-state index contributed by atoms with van der Waals surface area (Å²) in [4.78, 5) is 15.3. The molecule has 5 heteroatoms. The fourth-order valence-electron chi connectivity index (χ4n) is 1.25. The van der Waals surface area contributed by atoms with Crippen LogP contribution < -0.4 is 10.6 Å². The third-order valence-electron chi connectivity index (χ3n) is 2.50. The standard InChI is InChI=1S/C12H19N3O2/c1-8(2)11(16)7-15-9-4-5-14-10(6-9)12(17)13-3/h4-6,8,11,16H,7H2,1-3H3,(H,13,17)(H,14,15). The van der Waals surface area contributed by atoms with Gasteiger partial charge in [0, 0.05) is 25.5 Å². The summed E-state index contributed by atoms with van der Waals surface area (Å²) in [6.45, 7) is 4.36. The van der Waals surface area contributed by atoms with Gasteiger partial charge < -0.3 is 15.7 Å². The molecular formula is C12H19N3O2. The van der Waals surface area contributed by atoms with Crippen molar-refractivity contribution in [2.24, 2.45) is 5.92 Å². The van der Waals surface area contributed by atoms with Crippen LogP contribution in [0.4, 0.5) is 5.69 Å². The molecule has 0 fully saturated rings. The van der Waals surface area contributed by atoms with Crippen molar-refractivity contribution in [3.8, 4) is 0 Å².